The number of hydrogen-bond acceptors (Lipinski definition) is 13. The van der Waals surface area contributed by atoms with Gasteiger partial charge in [-0.3, -0.25) is 24.0 Å². The molecule has 0 unspecified atom stereocenters. The van der Waals surface area contributed by atoms with Gasteiger partial charge in [0, 0.05) is 39.2 Å². The Bertz CT molecular complexity index is 697. The molecule has 1 aliphatic rings. The van der Waals surface area contributed by atoms with Crippen LogP contribution in [0.2, 0.25) is 0 Å². The highest BCUT2D eigenvalue weighted by molar-refractivity contribution is 7.99. The predicted molar refractivity (Wildman–Crippen MR) is 112 cm³/mol. The molecule has 0 bridgehead atoms. The van der Waals surface area contributed by atoms with Gasteiger partial charge in [-0.15, -0.1) is 0 Å². The largest absolute Gasteiger partial charge is 0.469 e. The standard InChI is InChI=1S/C20H30O12S/c1-11(21)28-10-15-17(29-12(2)22)18(30-13(3)23)19(31-14(4)24)20(32-15)27-7-9-33-8-6-16(25)26-5/h15,17-20H,6-10H2,1-5H3/t15-,17+,18+,19-,20+/m1/s1. The lowest BCUT2D eigenvalue weighted by Crippen LogP contribution is -2.63. The molecule has 1 heterocycles. The summed E-state index contributed by atoms with van der Waals surface area (Å²) < 4.78 is 37.0. The third kappa shape index (κ3) is 10.9. The predicted octanol–water partition coefficient (Wildman–Crippen LogP) is 0.382. The summed E-state index contributed by atoms with van der Waals surface area (Å²) in [5.74, 6) is -2.11. The van der Waals surface area contributed by atoms with E-state index < -0.39 is 54.6 Å². The second-order valence-corrected chi connectivity index (χ2v) is 8.10. The Balaban J connectivity index is 3.00. The smallest absolute Gasteiger partial charge is 0.306 e. The fourth-order valence-electron chi connectivity index (χ4n) is 2.91. The van der Waals surface area contributed by atoms with E-state index >= 15 is 0 Å². The van der Waals surface area contributed by atoms with E-state index in [4.69, 9.17) is 28.4 Å². The second-order valence-electron chi connectivity index (χ2n) is 6.88. The summed E-state index contributed by atoms with van der Waals surface area (Å²) in [7, 11) is 1.31. The first-order valence-corrected chi connectivity index (χ1v) is 11.3. The summed E-state index contributed by atoms with van der Waals surface area (Å²) in [6.45, 7) is 4.42. The zero-order valence-corrected chi connectivity index (χ0v) is 20.0. The van der Waals surface area contributed by atoms with Crippen molar-refractivity contribution in [2.45, 2.75) is 64.8 Å². The molecule has 12 nitrogen and oxygen atoms in total. The zero-order chi connectivity index (χ0) is 25.0. The van der Waals surface area contributed by atoms with Crippen molar-refractivity contribution in [1.82, 2.24) is 0 Å². The average molecular weight is 495 g/mol. The van der Waals surface area contributed by atoms with Crippen molar-refractivity contribution >= 4 is 41.6 Å². The lowest BCUT2D eigenvalue weighted by molar-refractivity contribution is -0.307. The zero-order valence-electron chi connectivity index (χ0n) is 19.2. The topological polar surface area (TPSA) is 150 Å². The van der Waals surface area contributed by atoms with Gasteiger partial charge in [0.25, 0.3) is 0 Å². The Hall–Kier alpha value is -2.38. The van der Waals surface area contributed by atoms with E-state index in [1.54, 1.807) is 0 Å². The van der Waals surface area contributed by atoms with Gasteiger partial charge in [-0.25, -0.2) is 0 Å². The molecule has 0 aliphatic carbocycles. The maximum Gasteiger partial charge on any atom is 0.306 e. The molecular weight excluding hydrogens is 464 g/mol. The van der Waals surface area contributed by atoms with E-state index in [1.165, 1.54) is 25.8 Å². The Kier molecular flexibility index (Phi) is 12.8. The summed E-state index contributed by atoms with van der Waals surface area (Å²) in [6.07, 6.45) is -5.81. The third-order valence-electron chi connectivity index (χ3n) is 4.14. The first-order chi connectivity index (χ1) is 15.5. The minimum Gasteiger partial charge on any atom is -0.469 e. The summed E-state index contributed by atoms with van der Waals surface area (Å²) in [5, 5.41) is 0. The highest BCUT2D eigenvalue weighted by Gasteiger charge is 2.52. The van der Waals surface area contributed by atoms with Crippen LogP contribution in [0.5, 0.6) is 0 Å². The first-order valence-electron chi connectivity index (χ1n) is 10.1. The number of rotatable bonds is 12. The van der Waals surface area contributed by atoms with E-state index in [0.29, 0.717) is 11.5 Å². The van der Waals surface area contributed by atoms with Crippen molar-refractivity contribution < 1.29 is 57.1 Å². The van der Waals surface area contributed by atoms with Crippen LogP contribution < -0.4 is 0 Å². The lowest BCUT2D eigenvalue weighted by Gasteiger charge is -2.44. The normalized spacial score (nSPS) is 24.3. The van der Waals surface area contributed by atoms with Gasteiger partial charge in [-0.1, -0.05) is 0 Å². The van der Waals surface area contributed by atoms with Gasteiger partial charge in [0.05, 0.1) is 20.1 Å². The van der Waals surface area contributed by atoms with E-state index in [9.17, 15) is 24.0 Å². The summed E-state index contributed by atoms with van der Waals surface area (Å²) in [5.41, 5.74) is 0. The van der Waals surface area contributed by atoms with Crippen LogP contribution in [0.3, 0.4) is 0 Å². The monoisotopic (exact) mass is 494 g/mol. The molecule has 0 aromatic carbocycles. The number of carbonyl (C=O) groups is 5. The summed E-state index contributed by atoms with van der Waals surface area (Å²) in [4.78, 5) is 57.6. The molecule has 1 rings (SSSR count). The minimum atomic E-state index is -1.28. The molecule has 0 spiro atoms. The summed E-state index contributed by atoms with van der Waals surface area (Å²) >= 11 is 1.42. The minimum absolute atomic E-state index is 0.125. The molecule has 1 fully saturated rings. The number of ether oxygens (including phenoxy) is 7. The van der Waals surface area contributed by atoms with Crippen LogP contribution in [0.4, 0.5) is 0 Å². The van der Waals surface area contributed by atoms with Gasteiger partial charge in [0.2, 0.25) is 0 Å². The fourth-order valence-corrected chi connectivity index (χ4v) is 3.63. The Labute approximate surface area is 195 Å². The fraction of sp³-hybridized carbons (Fsp3) is 0.750. The third-order valence-corrected chi connectivity index (χ3v) is 5.08. The Morgan fingerprint density at radius 1 is 0.788 bits per heavy atom. The van der Waals surface area contributed by atoms with E-state index in [-0.39, 0.29) is 25.6 Å². The van der Waals surface area contributed by atoms with Crippen LogP contribution in [0.25, 0.3) is 0 Å². The SMILES string of the molecule is COC(=O)CCSCCO[C@H]1O[C@H](COC(C)=O)[C@H](OC(C)=O)[C@H](OC(C)=O)[C@H]1OC(C)=O. The van der Waals surface area contributed by atoms with Crippen molar-refractivity contribution in [2.24, 2.45) is 0 Å². The van der Waals surface area contributed by atoms with E-state index in [2.05, 4.69) is 4.74 Å². The van der Waals surface area contributed by atoms with Crippen LogP contribution in [0, 0.1) is 0 Å². The van der Waals surface area contributed by atoms with E-state index in [1.807, 2.05) is 0 Å². The van der Waals surface area contributed by atoms with Crippen molar-refractivity contribution in [2.75, 3.05) is 31.8 Å². The van der Waals surface area contributed by atoms with Crippen molar-refractivity contribution in [3.05, 3.63) is 0 Å². The van der Waals surface area contributed by atoms with Gasteiger partial charge < -0.3 is 33.2 Å². The average Bonchev–Trinajstić information content (AvgIpc) is 2.71. The van der Waals surface area contributed by atoms with E-state index in [0.717, 1.165) is 20.8 Å². The van der Waals surface area contributed by atoms with Crippen molar-refractivity contribution in [3.63, 3.8) is 0 Å². The number of methoxy groups -OCH3 is 1. The molecule has 5 atom stereocenters. The maximum atomic E-state index is 11.8. The second kappa shape index (κ2) is 14.7. The lowest BCUT2D eigenvalue weighted by atomic mass is 9.98. The molecule has 0 N–H and O–H groups in total. The first kappa shape index (κ1) is 28.7. The van der Waals surface area contributed by atoms with Crippen molar-refractivity contribution in [3.8, 4) is 0 Å². The van der Waals surface area contributed by atoms with Gasteiger partial charge in [-0.2, -0.15) is 11.8 Å². The highest BCUT2D eigenvalue weighted by Crippen LogP contribution is 2.30. The molecule has 1 saturated heterocycles. The molecule has 33 heavy (non-hydrogen) atoms. The van der Waals surface area contributed by atoms with Crippen molar-refractivity contribution in [1.29, 1.82) is 0 Å². The quantitative estimate of drug-likeness (QED) is 0.209. The molecule has 1 aliphatic heterocycles. The molecule has 0 aromatic rings. The maximum absolute atomic E-state index is 11.8. The van der Waals surface area contributed by atoms with Crippen LogP contribution in [-0.4, -0.2) is 92.4 Å². The Morgan fingerprint density at radius 3 is 1.91 bits per heavy atom. The molecule has 188 valence electrons. The molecule has 0 aromatic heterocycles. The number of carbonyl (C=O) groups excluding carboxylic acids is 5. The van der Waals surface area contributed by atoms with Crippen LogP contribution >= 0.6 is 11.8 Å². The van der Waals surface area contributed by atoms with Gasteiger partial charge >= 0.3 is 29.8 Å². The number of hydrogen-bond donors (Lipinski definition) is 0. The van der Waals surface area contributed by atoms with Gasteiger partial charge in [0.1, 0.15) is 12.7 Å². The Morgan fingerprint density at radius 2 is 1.36 bits per heavy atom. The molecular formula is C20H30O12S. The highest BCUT2D eigenvalue weighted by atomic mass is 32.2. The van der Waals surface area contributed by atoms with Gasteiger partial charge in [0.15, 0.2) is 24.6 Å². The summed E-state index contributed by atoms with van der Waals surface area (Å²) in [6, 6.07) is 0. The van der Waals surface area contributed by atoms with Gasteiger partial charge in [-0.05, 0) is 0 Å². The van der Waals surface area contributed by atoms with Crippen LogP contribution in [-0.2, 0) is 57.1 Å². The van der Waals surface area contributed by atoms with Crippen LogP contribution in [0.1, 0.15) is 34.1 Å². The van der Waals surface area contributed by atoms with Crippen LogP contribution in [0.15, 0.2) is 0 Å². The molecule has 13 heteroatoms. The number of esters is 5. The molecule has 0 amide bonds. The number of thioether (sulfide) groups is 1. The molecule has 0 radical (unpaired) electrons. The molecule has 0 saturated carbocycles.